The summed E-state index contributed by atoms with van der Waals surface area (Å²) in [6.45, 7) is 0.0548. The van der Waals surface area contributed by atoms with Crippen LogP contribution in [0.15, 0.2) is 23.2 Å². The number of aromatic nitrogens is 1. The summed E-state index contributed by atoms with van der Waals surface area (Å²) in [5.41, 5.74) is 0. The first-order chi connectivity index (χ1) is 8.49. The molecule has 0 bridgehead atoms. The highest BCUT2D eigenvalue weighted by Gasteiger charge is 2.14. The van der Waals surface area contributed by atoms with Gasteiger partial charge in [0.25, 0.3) is 0 Å². The van der Waals surface area contributed by atoms with Crippen molar-refractivity contribution in [2.24, 2.45) is 0 Å². The number of nitrogens with zero attached hydrogens (tertiary/aromatic N) is 1. The molecule has 0 fully saturated rings. The summed E-state index contributed by atoms with van der Waals surface area (Å²) in [5.74, 6) is 0.243. The molecule has 1 rings (SSSR count). The molecule has 100 valence electrons. The van der Waals surface area contributed by atoms with Crippen molar-refractivity contribution in [2.75, 3.05) is 26.0 Å². The van der Waals surface area contributed by atoms with Crippen molar-refractivity contribution in [2.45, 2.75) is 11.3 Å². The summed E-state index contributed by atoms with van der Waals surface area (Å²) < 4.78 is 26.1. The van der Waals surface area contributed by atoms with Gasteiger partial charge in [-0.2, -0.15) is 0 Å². The van der Waals surface area contributed by atoms with Crippen LogP contribution in [0.25, 0.3) is 0 Å². The number of nitrogens with one attached hydrogen (secondary N) is 3. The Morgan fingerprint density at radius 1 is 1.39 bits per heavy atom. The minimum Gasteiger partial charge on any atom is -0.373 e. The average molecular weight is 272 g/mol. The predicted octanol–water partition coefficient (Wildman–Crippen LogP) is -0.462. The fourth-order valence-electron chi connectivity index (χ4n) is 1.22. The summed E-state index contributed by atoms with van der Waals surface area (Å²) in [5, 5.41) is 5.17. The van der Waals surface area contributed by atoms with Gasteiger partial charge in [0.1, 0.15) is 5.82 Å². The van der Waals surface area contributed by atoms with Gasteiger partial charge in [0.15, 0.2) is 0 Å². The molecular formula is C10H16N4O3S. The maximum atomic E-state index is 11.9. The molecule has 1 aromatic heterocycles. The molecule has 18 heavy (non-hydrogen) atoms. The van der Waals surface area contributed by atoms with E-state index in [1.54, 1.807) is 7.05 Å². The number of sulfonamides is 1. The van der Waals surface area contributed by atoms with Gasteiger partial charge in [0, 0.05) is 39.3 Å². The van der Waals surface area contributed by atoms with Crippen LogP contribution in [0.3, 0.4) is 0 Å². The van der Waals surface area contributed by atoms with Crippen molar-refractivity contribution >= 4 is 21.7 Å². The van der Waals surface area contributed by atoms with E-state index >= 15 is 0 Å². The average Bonchev–Trinajstić information content (AvgIpc) is 2.38. The lowest BCUT2D eigenvalue weighted by atomic mass is 10.4. The third-order valence-corrected chi connectivity index (χ3v) is 3.68. The molecule has 8 heteroatoms. The fraction of sp³-hybridized carbons (Fsp3) is 0.400. The standard InChI is InChI=1S/C10H16N4O3S/c1-11-9-7-8(3-5-13-9)18(16,17)14-6-4-10(15)12-2/h3,5,7,14H,4,6H2,1-2H3,(H,11,13)(H,12,15). The van der Waals surface area contributed by atoms with Gasteiger partial charge in [-0.3, -0.25) is 4.79 Å². The Hall–Kier alpha value is -1.67. The largest absolute Gasteiger partial charge is 0.373 e. The third-order valence-electron chi connectivity index (χ3n) is 2.22. The number of carbonyl (C=O) groups excluding carboxylic acids is 1. The molecule has 3 N–H and O–H groups in total. The Labute approximate surface area is 106 Å². The Morgan fingerprint density at radius 2 is 2.11 bits per heavy atom. The van der Waals surface area contributed by atoms with Gasteiger partial charge < -0.3 is 10.6 Å². The van der Waals surface area contributed by atoms with Gasteiger partial charge >= 0.3 is 0 Å². The van der Waals surface area contributed by atoms with Gasteiger partial charge in [-0.15, -0.1) is 0 Å². The van der Waals surface area contributed by atoms with E-state index in [1.165, 1.54) is 25.4 Å². The molecule has 0 spiro atoms. The first-order valence-corrected chi connectivity index (χ1v) is 6.82. The van der Waals surface area contributed by atoms with Crippen LogP contribution in [0.4, 0.5) is 5.82 Å². The Kier molecular flexibility index (Phi) is 5.05. The van der Waals surface area contributed by atoms with Crippen LogP contribution in [0.5, 0.6) is 0 Å². The topological polar surface area (TPSA) is 100 Å². The van der Waals surface area contributed by atoms with Crippen molar-refractivity contribution in [3.8, 4) is 0 Å². The molecule has 1 amide bonds. The van der Waals surface area contributed by atoms with Crippen LogP contribution in [-0.4, -0.2) is 39.9 Å². The fourth-order valence-corrected chi connectivity index (χ4v) is 2.27. The zero-order valence-corrected chi connectivity index (χ0v) is 11.0. The van der Waals surface area contributed by atoms with Crippen LogP contribution in [0.1, 0.15) is 6.42 Å². The first-order valence-electron chi connectivity index (χ1n) is 5.33. The van der Waals surface area contributed by atoms with Gasteiger partial charge in [0.05, 0.1) is 4.90 Å². The highest BCUT2D eigenvalue weighted by Crippen LogP contribution is 2.11. The predicted molar refractivity (Wildman–Crippen MR) is 67.7 cm³/mol. The molecule has 0 radical (unpaired) electrons. The van der Waals surface area contributed by atoms with Crippen LogP contribution in [-0.2, 0) is 14.8 Å². The molecule has 0 aliphatic heterocycles. The van der Waals surface area contributed by atoms with Crippen LogP contribution in [0.2, 0.25) is 0 Å². The summed E-state index contributed by atoms with van der Waals surface area (Å²) in [6, 6.07) is 2.81. The Balaban J connectivity index is 2.71. The molecule has 1 heterocycles. The minimum atomic E-state index is -3.61. The Bertz CT molecular complexity index is 516. The van der Waals surface area contributed by atoms with Gasteiger partial charge in [-0.25, -0.2) is 18.1 Å². The molecule has 0 aliphatic carbocycles. The van der Waals surface area contributed by atoms with Crippen LogP contribution < -0.4 is 15.4 Å². The molecule has 0 saturated heterocycles. The van der Waals surface area contributed by atoms with Crippen molar-refractivity contribution in [1.29, 1.82) is 0 Å². The number of pyridine rings is 1. The molecule has 0 atom stereocenters. The number of rotatable bonds is 6. The van der Waals surface area contributed by atoms with E-state index in [0.29, 0.717) is 5.82 Å². The first kappa shape index (κ1) is 14.4. The quantitative estimate of drug-likeness (QED) is 0.650. The van der Waals surface area contributed by atoms with Gasteiger partial charge in [-0.05, 0) is 6.07 Å². The van der Waals surface area contributed by atoms with E-state index in [-0.39, 0.29) is 23.8 Å². The van der Waals surface area contributed by atoms with E-state index in [0.717, 1.165) is 0 Å². The SMILES string of the molecule is CNC(=O)CCNS(=O)(=O)c1ccnc(NC)c1. The number of anilines is 1. The number of hydrogen-bond acceptors (Lipinski definition) is 5. The second-order valence-corrected chi connectivity index (χ2v) is 5.21. The number of carbonyl (C=O) groups is 1. The molecule has 0 unspecified atom stereocenters. The van der Waals surface area contributed by atoms with Crippen molar-refractivity contribution in [3.05, 3.63) is 18.3 Å². The lowest BCUT2D eigenvalue weighted by Gasteiger charge is -2.07. The number of hydrogen-bond donors (Lipinski definition) is 3. The third kappa shape index (κ3) is 3.97. The second-order valence-electron chi connectivity index (χ2n) is 3.45. The van der Waals surface area contributed by atoms with E-state index in [4.69, 9.17) is 0 Å². The highest BCUT2D eigenvalue weighted by atomic mass is 32.2. The lowest BCUT2D eigenvalue weighted by Crippen LogP contribution is -2.29. The summed E-state index contributed by atoms with van der Waals surface area (Å²) in [7, 11) is -0.457. The lowest BCUT2D eigenvalue weighted by molar-refractivity contribution is -0.120. The molecule has 7 nitrogen and oxygen atoms in total. The van der Waals surface area contributed by atoms with Gasteiger partial charge in [-0.1, -0.05) is 0 Å². The monoisotopic (exact) mass is 272 g/mol. The number of amides is 1. The van der Waals surface area contributed by atoms with E-state index < -0.39 is 10.0 Å². The van der Waals surface area contributed by atoms with E-state index in [9.17, 15) is 13.2 Å². The zero-order valence-electron chi connectivity index (χ0n) is 10.2. The van der Waals surface area contributed by atoms with Crippen molar-refractivity contribution < 1.29 is 13.2 Å². The maximum absolute atomic E-state index is 11.9. The highest BCUT2D eigenvalue weighted by molar-refractivity contribution is 7.89. The van der Waals surface area contributed by atoms with Gasteiger partial charge in [0.2, 0.25) is 15.9 Å². The molecule has 0 aliphatic rings. The van der Waals surface area contributed by atoms with Crippen molar-refractivity contribution in [1.82, 2.24) is 15.0 Å². The van der Waals surface area contributed by atoms with E-state index in [2.05, 4.69) is 20.3 Å². The maximum Gasteiger partial charge on any atom is 0.240 e. The normalized spacial score (nSPS) is 11.0. The molecule has 0 aromatic carbocycles. The molecule has 0 saturated carbocycles. The van der Waals surface area contributed by atoms with E-state index in [1.807, 2.05) is 0 Å². The molecule has 1 aromatic rings. The van der Waals surface area contributed by atoms with Crippen molar-refractivity contribution in [3.63, 3.8) is 0 Å². The molecular weight excluding hydrogens is 256 g/mol. The minimum absolute atomic E-state index is 0.0548. The second kappa shape index (κ2) is 6.31. The smallest absolute Gasteiger partial charge is 0.240 e. The summed E-state index contributed by atoms with van der Waals surface area (Å²) in [6.07, 6.45) is 1.50. The summed E-state index contributed by atoms with van der Waals surface area (Å²) in [4.78, 5) is 15.0. The Morgan fingerprint density at radius 3 is 2.72 bits per heavy atom. The van der Waals surface area contributed by atoms with Crippen LogP contribution >= 0.6 is 0 Å². The van der Waals surface area contributed by atoms with Crippen LogP contribution in [0, 0.1) is 0 Å². The summed E-state index contributed by atoms with van der Waals surface area (Å²) >= 11 is 0. The zero-order chi connectivity index (χ0) is 13.6.